The van der Waals surface area contributed by atoms with Gasteiger partial charge in [0.2, 0.25) is 5.91 Å². The number of carbonyl (C=O) groups is 3. The zero-order chi connectivity index (χ0) is 34.3. The number of likely N-dealkylation sites (N-methyl/N-ethyl adjacent to an activating group) is 1. The lowest BCUT2D eigenvalue weighted by Gasteiger charge is -2.33. The van der Waals surface area contributed by atoms with Crippen molar-refractivity contribution in [2.45, 2.75) is 31.8 Å². The molecule has 0 spiro atoms. The summed E-state index contributed by atoms with van der Waals surface area (Å²) >= 11 is 0. The predicted molar refractivity (Wildman–Crippen MR) is 186 cm³/mol. The number of benzene rings is 4. The van der Waals surface area contributed by atoms with Crippen LogP contribution in [0.3, 0.4) is 0 Å². The smallest absolute Gasteiger partial charge is 0.322 e. The molecule has 0 saturated carbocycles. The molecular formula is C39H40N4O6. The molecule has 4 aromatic rings. The second-order valence-corrected chi connectivity index (χ2v) is 11.8. The van der Waals surface area contributed by atoms with E-state index in [4.69, 9.17) is 14.2 Å². The average Bonchev–Trinajstić information content (AvgIpc) is 3.47. The molecule has 0 bridgehead atoms. The van der Waals surface area contributed by atoms with Crippen LogP contribution in [0.5, 0.6) is 23.0 Å². The van der Waals surface area contributed by atoms with Crippen LogP contribution in [0.2, 0.25) is 0 Å². The monoisotopic (exact) mass is 660 g/mol. The van der Waals surface area contributed by atoms with Crippen LogP contribution in [0.15, 0.2) is 114 Å². The standard InChI is InChI=1S/C39H40N4O6/c1-4-42-32-25-43(38(45)35(32)36(41-39(42)46)28-14-11-17-30(24-28)49-29-15-9-6-10-16-29)31(22-26-12-7-5-8-13-26)37(44)40-21-20-27-18-19-33(47-2)34(23-27)48-3/h5-19,23-24,31,36H,4,20-22,25H2,1-3H3,(H,40,44)(H,41,46)/t31-,36+/m1/s1. The minimum absolute atomic E-state index is 0.132. The molecule has 0 saturated heterocycles. The fourth-order valence-corrected chi connectivity index (χ4v) is 6.40. The van der Waals surface area contributed by atoms with E-state index in [-0.39, 0.29) is 24.4 Å². The summed E-state index contributed by atoms with van der Waals surface area (Å²) in [5, 5.41) is 6.11. The zero-order valence-electron chi connectivity index (χ0n) is 27.8. The highest BCUT2D eigenvalue weighted by Crippen LogP contribution is 2.38. The normalized spacial score (nSPS) is 16.2. The average molecular weight is 661 g/mol. The fourth-order valence-electron chi connectivity index (χ4n) is 6.40. The number of methoxy groups -OCH3 is 2. The highest BCUT2D eigenvalue weighted by atomic mass is 16.5. The van der Waals surface area contributed by atoms with Gasteiger partial charge in [-0.2, -0.15) is 0 Å². The van der Waals surface area contributed by atoms with Crippen LogP contribution in [-0.2, 0) is 22.4 Å². The number of hydrogen-bond acceptors (Lipinski definition) is 6. The summed E-state index contributed by atoms with van der Waals surface area (Å²) < 4.78 is 16.8. The van der Waals surface area contributed by atoms with Crippen LogP contribution < -0.4 is 24.8 Å². The Morgan fingerprint density at radius 1 is 0.857 bits per heavy atom. The Hall–Kier alpha value is -5.77. The van der Waals surface area contributed by atoms with Crippen LogP contribution in [0.25, 0.3) is 0 Å². The number of amides is 4. The summed E-state index contributed by atoms with van der Waals surface area (Å²) in [6, 6.07) is 30.3. The van der Waals surface area contributed by atoms with Gasteiger partial charge in [-0.15, -0.1) is 0 Å². The predicted octanol–water partition coefficient (Wildman–Crippen LogP) is 5.65. The van der Waals surface area contributed by atoms with Crippen molar-refractivity contribution in [1.82, 2.24) is 20.4 Å². The van der Waals surface area contributed by atoms with Gasteiger partial charge in [-0.25, -0.2) is 4.79 Å². The minimum atomic E-state index is -0.812. The largest absolute Gasteiger partial charge is 0.493 e. The molecule has 252 valence electrons. The summed E-state index contributed by atoms with van der Waals surface area (Å²) in [6.45, 7) is 2.73. The molecule has 0 fully saturated rings. The second kappa shape index (κ2) is 15.0. The number of rotatable bonds is 13. The van der Waals surface area contributed by atoms with Gasteiger partial charge in [0.15, 0.2) is 11.5 Å². The number of ether oxygens (including phenoxy) is 3. The molecule has 2 aliphatic heterocycles. The first-order valence-corrected chi connectivity index (χ1v) is 16.4. The number of hydrogen-bond donors (Lipinski definition) is 2. The van der Waals surface area contributed by atoms with Gasteiger partial charge < -0.3 is 29.7 Å². The Bertz CT molecular complexity index is 1840. The van der Waals surface area contributed by atoms with Gasteiger partial charge in [0.25, 0.3) is 5.91 Å². The van der Waals surface area contributed by atoms with Crippen molar-refractivity contribution in [2.24, 2.45) is 0 Å². The van der Waals surface area contributed by atoms with Crippen molar-refractivity contribution < 1.29 is 28.6 Å². The Labute approximate surface area is 286 Å². The van der Waals surface area contributed by atoms with Gasteiger partial charge in [-0.1, -0.05) is 66.7 Å². The molecule has 0 aromatic heterocycles. The summed E-state index contributed by atoms with van der Waals surface area (Å²) in [6.07, 6.45) is 0.867. The van der Waals surface area contributed by atoms with E-state index >= 15 is 0 Å². The van der Waals surface area contributed by atoms with Crippen LogP contribution in [0, 0.1) is 0 Å². The van der Waals surface area contributed by atoms with E-state index in [1.807, 2.05) is 110 Å². The minimum Gasteiger partial charge on any atom is -0.493 e. The van der Waals surface area contributed by atoms with Crippen molar-refractivity contribution >= 4 is 17.8 Å². The first-order valence-electron chi connectivity index (χ1n) is 16.4. The molecule has 49 heavy (non-hydrogen) atoms. The van der Waals surface area contributed by atoms with Crippen LogP contribution in [0.1, 0.15) is 29.7 Å². The molecule has 0 radical (unpaired) electrons. The highest BCUT2D eigenvalue weighted by Gasteiger charge is 2.46. The molecule has 4 aromatic carbocycles. The topological polar surface area (TPSA) is 109 Å². The Kier molecular flexibility index (Phi) is 10.1. The number of nitrogens with zero attached hydrogens (tertiary/aromatic N) is 2. The third kappa shape index (κ3) is 7.23. The number of carbonyl (C=O) groups excluding carboxylic acids is 3. The first kappa shape index (κ1) is 33.1. The summed E-state index contributed by atoms with van der Waals surface area (Å²) in [5.74, 6) is 1.94. The molecule has 2 aliphatic rings. The zero-order valence-corrected chi connectivity index (χ0v) is 27.8. The van der Waals surface area contributed by atoms with Gasteiger partial charge in [0.1, 0.15) is 17.5 Å². The molecule has 6 rings (SSSR count). The Morgan fingerprint density at radius 2 is 1.57 bits per heavy atom. The lowest BCUT2D eigenvalue weighted by molar-refractivity contribution is -0.136. The molecule has 2 heterocycles. The van der Waals surface area contributed by atoms with Gasteiger partial charge in [-0.3, -0.25) is 14.5 Å². The van der Waals surface area contributed by atoms with Crippen LogP contribution in [0.4, 0.5) is 4.79 Å². The van der Waals surface area contributed by atoms with Crippen molar-refractivity contribution in [3.63, 3.8) is 0 Å². The lowest BCUT2D eigenvalue weighted by atomic mass is 9.95. The first-order chi connectivity index (χ1) is 23.9. The molecule has 2 N–H and O–H groups in total. The van der Waals surface area contributed by atoms with E-state index in [1.165, 1.54) is 0 Å². The fraction of sp³-hybridized carbons (Fsp3) is 0.256. The quantitative estimate of drug-likeness (QED) is 0.192. The van der Waals surface area contributed by atoms with Crippen LogP contribution >= 0.6 is 0 Å². The van der Waals surface area contributed by atoms with Gasteiger partial charge in [-0.05, 0) is 66.4 Å². The second-order valence-electron chi connectivity index (χ2n) is 11.8. The van der Waals surface area contributed by atoms with E-state index in [9.17, 15) is 14.4 Å². The van der Waals surface area contributed by atoms with E-state index in [2.05, 4.69) is 10.6 Å². The van der Waals surface area contributed by atoms with E-state index < -0.39 is 12.1 Å². The summed E-state index contributed by atoms with van der Waals surface area (Å²) in [5.41, 5.74) is 3.65. The van der Waals surface area contributed by atoms with E-state index in [1.54, 1.807) is 24.0 Å². The third-order valence-corrected chi connectivity index (χ3v) is 8.85. The number of para-hydroxylation sites is 1. The van der Waals surface area contributed by atoms with Crippen molar-refractivity contribution in [1.29, 1.82) is 0 Å². The molecular weight excluding hydrogens is 620 g/mol. The Morgan fingerprint density at radius 3 is 2.29 bits per heavy atom. The Balaban J connectivity index is 1.26. The highest BCUT2D eigenvalue weighted by molar-refractivity contribution is 6.03. The molecule has 10 nitrogen and oxygen atoms in total. The van der Waals surface area contributed by atoms with Gasteiger partial charge >= 0.3 is 6.03 Å². The van der Waals surface area contributed by atoms with Gasteiger partial charge in [0, 0.05) is 19.5 Å². The van der Waals surface area contributed by atoms with Crippen LogP contribution in [-0.4, -0.2) is 67.5 Å². The van der Waals surface area contributed by atoms with E-state index in [0.717, 1.165) is 11.1 Å². The number of nitrogens with one attached hydrogen (secondary N) is 2. The summed E-state index contributed by atoms with van der Waals surface area (Å²) in [4.78, 5) is 45.1. The van der Waals surface area contributed by atoms with Crippen molar-refractivity contribution in [3.05, 3.63) is 131 Å². The SMILES string of the molecule is CCN1C(=O)N[C@@H](c2cccc(Oc3ccccc3)c2)C2=C1CN([C@H](Cc1ccccc1)C(=O)NCCc1ccc(OC)c(OC)c1)C2=O. The maximum Gasteiger partial charge on any atom is 0.322 e. The van der Waals surface area contributed by atoms with Crippen molar-refractivity contribution in [3.8, 4) is 23.0 Å². The maximum atomic E-state index is 14.5. The molecule has 4 amide bonds. The van der Waals surface area contributed by atoms with Gasteiger partial charge in [0.05, 0.1) is 38.1 Å². The molecule has 10 heteroatoms. The maximum absolute atomic E-state index is 14.5. The van der Waals surface area contributed by atoms with Crippen molar-refractivity contribution in [2.75, 3.05) is 33.9 Å². The lowest BCUT2D eigenvalue weighted by Crippen LogP contribution is -2.50. The summed E-state index contributed by atoms with van der Waals surface area (Å²) in [7, 11) is 3.17. The van der Waals surface area contributed by atoms with E-state index in [0.29, 0.717) is 65.8 Å². The molecule has 0 unspecified atom stereocenters. The third-order valence-electron chi connectivity index (χ3n) is 8.85. The molecule has 2 atom stereocenters. The molecule has 0 aliphatic carbocycles. The number of urea groups is 1.